The van der Waals surface area contributed by atoms with Crippen LogP contribution in [-0.4, -0.2) is 4.57 Å². The Labute approximate surface area is 121 Å². The summed E-state index contributed by atoms with van der Waals surface area (Å²) in [7, 11) is 0. The number of aromatic nitrogens is 1. The number of halogens is 1. The van der Waals surface area contributed by atoms with Crippen molar-refractivity contribution in [2.45, 2.75) is 13.5 Å². The van der Waals surface area contributed by atoms with Crippen LogP contribution in [0.3, 0.4) is 0 Å². The summed E-state index contributed by atoms with van der Waals surface area (Å²) in [6, 6.07) is 11.5. The molecule has 0 radical (unpaired) electrons. The van der Waals surface area contributed by atoms with E-state index in [-0.39, 0.29) is 5.43 Å². The zero-order chi connectivity index (χ0) is 15.0. The molecule has 1 heterocycles. The summed E-state index contributed by atoms with van der Waals surface area (Å²) in [6.07, 6.45) is 1.73. The topological polar surface area (TPSA) is 48.0 Å². The lowest BCUT2D eigenvalue weighted by Gasteiger charge is -2.11. The molecule has 1 aromatic heterocycles. The molecular weight excluding hydrogens is 267 g/mol. The van der Waals surface area contributed by atoms with Crippen molar-refractivity contribution in [3.63, 3.8) is 0 Å². The first-order valence-electron chi connectivity index (χ1n) is 6.78. The number of rotatable bonds is 2. The van der Waals surface area contributed by atoms with Gasteiger partial charge in [0.1, 0.15) is 5.82 Å². The molecule has 3 aromatic rings. The molecule has 0 unspecified atom stereocenters. The molecule has 0 amide bonds. The quantitative estimate of drug-likeness (QED) is 0.732. The molecule has 0 atom stereocenters. The predicted octanol–water partition coefficient (Wildman–Crippen LogP) is 3.41. The Balaban J connectivity index is 2.32. The second-order valence-corrected chi connectivity index (χ2v) is 4.94. The molecule has 0 aliphatic heterocycles. The summed E-state index contributed by atoms with van der Waals surface area (Å²) in [5.74, 6) is -0.404. The number of anilines is 1. The first-order valence-corrected chi connectivity index (χ1v) is 6.78. The molecule has 21 heavy (non-hydrogen) atoms. The Morgan fingerprint density at radius 1 is 1.14 bits per heavy atom. The second-order valence-electron chi connectivity index (χ2n) is 4.94. The number of fused-ring (bicyclic) bond motifs is 1. The molecule has 0 saturated carbocycles. The molecule has 106 valence electrons. The fraction of sp³-hybridized carbons (Fsp3) is 0.118. The summed E-state index contributed by atoms with van der Waals surface area (Å²) in [6.45, 7) is 2.69. The molecule has 0 spiro atoms. The van der Waals surface area contributed by atoms with Gasteiger partial charge in [0.25, 0.3) is 0 Å². The van der Waals surface area contributed by atoms with E-state index >= 15 is 0 Å². The monoisotopic (exact) mass is 282 g/mol. The minimum atomic E-state index is -0.404. The van der Waals surface area contributed by atoms with Crippen LogP contribution in [0.5, 0.6) is 0 Å². The number of hydrogen-bond donors (Lipinski definition) is 1. The number of hydrogen-bond acceptors (Lipinski definition) is 2. The van der Waals surface area contributed by atoms with Crippen LogP contribution < -0.4 is 11.2 Å². The molecular formula is C17H15FN2O. The molecule has 2 aromatic carbocycles. The Morgan fingerprint density at radius 3 is 2.52 bits per heavy atom. The van der Waals surface area contributed by atoms with Crippen LogP contribution in [0.2, 0.25) is 0 Å². The van der Waals surface area contributed by atoms with Crippen molar-refractivity contribution in [3.05, 3.63) is 64.7 Å². The number of pyridine rings is 1. The van der Waals surface area contributed by atoms with Crippen molar-refractivity contribution < 1.29 is 4.39 Å². The van der Waals surface area contributed by atoms with E-state index in [1.165, 1.54) is 12.1 Å². The van der Waals surface area contributed by atoms with Gasteiger partial charge in [-0.15, -0.1) is 0 Å². The van der Waals surface area contributed by atoms with Gasteiger partial charge in [-0.1, -0.05) is 12.1 Å². The van der Waals surface area contributed by atoms with Crippen LogP contribution in [0.4, 0.5) is 10.1 Å². The lowest BCUT2D eigenvalue weighted by molar-refractivity contribution is 0.632. The highest BCUT2D eigenvalue weighted by atomic mass is 19.1. The van der Waals surface area contributed by atoms with Gasteiger partial charge in [-0.25, -0.2) is 4.39 Å². The van der Waals surface area contributed by atoms with Gasteiger partial charge >= 0.3 is 0 Å². The first kappa shape index (κ1) is 13.4. The maximum Gasteiger partial charge on any atom is 0.189 e. The maximum absolute atomic E-state index is 14.3. The van der Waals surface area contributed by atoms with Crippen molar-refractivity contribution in [1.29, 1.82) is 0 Å². The Kier molecular flexibility index (Phi) is 3.22. The van der Waals surface area contributed by atoms with Crippen molar-refractivity contribution in [2.75, 3.05) is 5.73 Å². The first-order chi connectivity index (χ1) is 10.1. The van der Waals surface area contributed by atoms with Gasteiger partial charge < -0.3 is 10.3 Å². The average molecular weight is 282 g/mol. The molecule has 3 rings (SSSR count). The fourth-order valence-corrected chi connectivity index (χ4v) is 2.48. The highest BCUT2D eigenvalue weighted by molar-refractivity contribution is 5.85. The van der Waals surface area contributed by atoms with E-state index in [1.54, 1.807) is 36.5 Å². The maximum atomic E-state index is 14.3. The van der Waals surface area contributed by atoms with E-state index in [9.17, 15) is 9.18 Å². The summed E-state index contributed by atoms with van der Waals surface area (Å²) in [4.78, 5) is 11.9. The number of nitrogens with two attached hydrogens (primary N) is 1. The minimum Gasteiger partial charge on any atom is -0.399 e. The van der Waals surface area contributed by atoms with Crippen molar-refractivity contribution >= 4 is 16.6 Å². The largest absolute Gasteiger partial charge is 0.399 e. The smallest absolute Gasteiger partial charge is 0.189 e. The van der Waals surface area contributed by atoms with E-state index in [4.69, 9.17) is 5.73 Å². The van der Waals surface area contributed by atoms with Gasteiger partial charge in [0.2, 0.25) is 0 Å². The van der Waals surface area contributed by atoms with Crippen LogP contribution >= 0.6 is 0 Å². The number of aryl methyl sites for hydroxylation is 1. The van der Waals surface area contributed by atoms with Gasteiger partial charge in [0.15, 0.2) is 5.43 Å². The summed E-state index contributed by atoms with van der Waals surface area (Å²) in [5.41, 5.74) is 8.06. The van der Waals surface area contributed by atoms with E-state index in [0.29, 0.717) is 23.2 Å². The SMILES string of the molecule is CCn1ccc(=O)c2cc(F)c(-c3ccc(N)cc3)cc21. The van der Waals surface area contributed by atoms with Crippen molar-refractivity contribution in [3.8, 4) is 11.1 Å². The molecule has 0 aliphatic rings. The Morgan fingerprint density at radius 2 is 1.86 bits per heavy atom. The summed E-state index contributed by atoms with van der Waals surface area (Å²) in [5, 5.41) is 0.399. The normalized spacial score (nSPS) is 11.0. The molecule has 0 aliphatic carbocycles. The van der Waals surface area contributed by atoms with Crippen LogP contribution in [0.1, 0.15) is 6.92 Å². The third-order valence-corrected chi connectivity index (χ3v) is 3.63. The minimum absolute atomic E-state index is 0.169. The van der Waals surface area contributed by atoms with Gasteiger partial charge in [0.05, 0.1) is 5.52 Å². The van der Waals surface area contributed by atoms with E-state index in [1.807, 2.05) is 11.5 Å². The third kappa shape index (κ3) is 2.29. The fourth-order valence-electron chi connectivity index (χ4n) is 2.48. The second kappa shape index (κ2) is 5.05. The lowest BCUT2D eigenvalue weighted by Crippen LogP contribution is -2.08. The zero-order valence-corrected chi connectivity index (χ0v) is 11.6. The number of nitrogens with zero attached hydrogens (tertiary/aromatic N) is 1. The Bertz CT molecular complexity index is 866. The molecule has 2 N–H and O–H groups in total. The van der Waals surface area contributed by atoms with Gasteiger partial charge in [-0.3, -0.25) is 4.79 Å². The van der Waals surface area contributed by atoms with Crippen LogP contribution in [-0.2, 0) is 6.54 Å². The predicted molar refractivity (Wildman–Crippen MR) is 83.7 cm³/mol. The highest BCUT2D eigenvalue weighted by Gasteiger charge is 2.10. The Hall–Kier alpha value is -2.62. The highest BCUT2D eigenvalue weighted by Crippen LogP contribution is 2.27. The van der Waals surface area contributed by atoms with Gasteiger partial charge in [-0.05, 0) is 36.8 Å². The van der Waals surface area contributed by atoms with E-state index in [0.717, 1.165) is 11.1 Å². The standard InChI is InChI=1S/C17H15FN2O/c1-2-20-8-7-17(21)14-9-15(18)13(10-16(14)20)11-3-5-12(19)6-4-11/h3-10H,2,19H2,1H3. The number of benzene rings is 2. The summed E-state index contributed by atoms with van der Waals surface area (Å²) < 4.78 is 16.3. The molecule has 3 nitrogen and oxygen atoms in total. The van der Waals surface area contributed by atoms with E-state index in [2.05, 4.69) is 0 Å². The van der Waals surface area contributed by atoms with E-state index < -0.39 is 5.82 Å². The van der Waals surface area contributed by atoms with Gasteiger partial charge in [-0.2, -0.15) is 0 Å². The van der Waals surface area contributed by atoms with Crippen LogP contribution in [0.25, 0.3) is 22.0 Å². The average Bonchev–Trinajstić information content (AvgIpc) is 2.49. The van der Waals surface area contributed by atoms with Gasteiger partial charge in [0, 0.05) is 35.4 Å². The molecule has 0 saturated heterocycles. The number of nitrogen functional groups attached to an aromatic ring is 1. The molecule has 0 bridgehead atoms. The zero-order valence-electron chi connectivity index (χ0n) is 11.6. The molecule has 0 fully saturated rings. The third-order valence-electron chi connectivity index (χ3n) is 3.63. The van der Waals surface area contributed by atoms with Crippen molar-refractivity contribution in [1.82, 2.24) is 4.57 Å². The summed E-state index contributed by atoms with van der Waals surface area (Å²) >= 11 is 0. The van der Waals surface area contributed by atoms with Crippen LogP contribution in [0, 0.1) is 5.82 Å². The van der Waals surface area contributed by atoms with Crippen LogP contribution in [0.15, 0.2) is 53.5 Å². The van der Waals surface area contributed by atoms with Crippen molar-refractivity contribution in [2.24, 2.45) is 0 Å². The lowest BCUT2D eigenvalue weighted by atomic mass is 10.0. The molecule has 4 heteroatoms.